The van der Waals surface area contributed by atoms with Crippen molar-refractivity contribution in [3.63, 3.8) is 0 Å². The number of ether oxygens (including phenoxy) is 1. The average Bonchev–Trinajstić information content (AvgIpc) is 3.16. The minimum atomic E-state index is -3.71. The summed E-state index contributed by atoms with van der Waals surface area (Å²) in [4.78, 5) is 13.2. The van der Waals surface area contributed by atoms with Gasteiger partial charge in [0.15, 0.2) is 0 Å². The fourth-order valence-corrected chi connectivity index (χ4v) is 4.91. The van der Waals surface area contributed by atoms with Gasteiger partial charge in [-0.15, -0.1) is 11.3 Å². The summed E-state index contributed by atoms with van der Waals surface area (Å²) in [7, 11) is -0.664. The summed E-state index contributed by atoms with van der Waals surface area (Å²) in [6.45, 7) is 3.98. The van der Waals surface area contributed by atoms with Crippen LogP contribution in [0.4, 0.5) is 5.69 Å². The Labute approximate surface area is 175 Å². The van der Waals surface area contributed by atoms with Gasteiger partial charge in [-0.3, -0.25) is 9.10 Å². The summed E-state index contributed by atoms with van der Waals surface area (Å²) in [5, 5.41) is 3.79. The van der Waals surface area contributed by atoms with E-state index in [1.807, 2.05) is 19.9 Å². The first-order chi connectivity index (χ1) is 13.8. The van der Waals surface area contributed by atoms with Gasteiger partial charge in [0.25, 0.3) is 15.9 Å². The van der Waals surface area contributed by atoms with Crippen molar-refractivity contribution in [2.75, 3.05) is 18.5 Å². The highest BCUT2D eigenvalue weighted by molar-refractivity contribution is 7.92. The van der Waals surface area contributed by atoms with Crippen LogP contribution in [0.2, 0.25) is 0 Å². The van der Waals surface area contributed by atoms with Gasteiger partial charge in [-0.1, -0.05) is 6.92 Å². The maximum absolute atomic E-state index is 13.0. The number of rotatable bonds is 7. The first-order valence-electron chi connectivity index (χ1n) is 9.23. The lowest BCUT2D eigenvalue weighted by Crippen LogP contribution is -2.31. The van der Waals surface area contributed by atoms with E-state index < -0.39 is 10.0 Å². The second-order valence-corrected chi connectivity index (χ2v) is 9.82. The van der Waals surface area contributed by atoms with Gasteiger partial charge >= 0.3 is 0 Å². The molecule has 1 amide bonds. The lowest BCUT2D eigenvalue weighted by atomic mass is 10.2. The molecule has 0 radical (unpaired) electrons. The number of benzene rings is 2. The first-order valence-corrected chi connectivity index (χ1v) is 11.5. The van der Waals surface area contributed by atoms with E-state index in [-0.39, 0.29) is 16.8 Å². The maximum atomic E-state index is 13.0. The Morgan fingerprint density at radius 2 is 1.86 bits per heavy atom. The van der Waals surface area contributed by atoms with E-state index in [4.69, 9.17) is 4.74 Å². The number of hydrogen-bond acceptors (Lipinski definition) is 5. The van der Waals surface area contributed by atoms with Crippen LogP contribution in [0.25, 0.3) is 10.1 Å². The van der Waals surface area contributed by atoms with Crippen molar-refractivity contribution >= 4 is 43.0 Å². The van der Waals surface area contributed by atoms with E-state index in [1.54, 1.807) is 30.3 Å². The minimum Gasteiger partial charge on any atom is -0.497 e. The second kappa shape index (κ2) is 8.42. The molecule has 3 aromatic rings. The number of carbonyl (C=O) groups is 1. The van der Waals surface area contributed by atoms with Crippen LogP contribution in [0.3, 0.4) is 0 Å². The quantitative estimate of drug-likeness (QED) is 0.605. The van der Waals surface area contributed by atoms with Crippen LogP contribution in [-0.4, -0.2) is 34.5 Å². The zero-order valence-corrected chi connectivity index (χ0v) is 18.4. The Balaban J connectivity index is 1.89. The highest BCUT2D eigenvalue weighted by Crippen LogP contribution is 2.31. The van der Waals surface area contributed by atoms with Crippen LogP contribution >= 0.6 is 11.3 Å². The van der Waals surface area contributed by atoms with Gasteiger partial charge < -0.3 is 10.1 Å². The van der Waals surface area contributed by atoms with Crippen LogP contribution in [0, 0.1) is 0 Å². The van der Waals surface area contributed by atoms with Gasteiger partial charge in [0.2, 0.25) is 0 Å². The summed E-state index contributed by atoms with van der Waals surface area (Å²) < 4.78 is 33.2. The monoisotopic (exact) mass is 432 g/mol. The first kappa shape index (κ1) is 21.1. The Bertz CT molecular complexity index is 1120. The van der Waals surface area contributed by atoms with E-state index in [0.29, 0.717) is 16.3 Å². The molecule has 1 heterocycles. The second-order valence-electron chi connectivity index (χ2n) is 6.76. The molecule has 29 heavy (non-hydrogen) atoms. The smallest absolute Gasteiger partial charge is 0.264 e. The molecule has 6 nitrogen and oxygen atoms in total. The lowest BCUT2D eigenvalue weighted by Gasteiger charge is -2.19. The number of carbonyl (C=O) groups excluding carboxylic acids is 1. The summed E-state index contributed by atoms with van der Waals surface area (Å²) in [6, 6.07) is 13.5. The van der Waals surface area contributed by atoms with Crippen molar-refractivity contribution in [2.45, 2.75) is 31.2 Å². The topological polar surface area (TPSA) is 75.7 Å². The molecule has 0 spiro atoms. The van der Waals surface area contributed by atoms with Crippen LogP contribution in [-0.2, 0) is 10.0 Å². The Hall–Kier alpha value is -2.58. The Morgan fingerprint density at radius 3 is 2.48 bits per heavy atom. The number of fused-ring (bicyclic) bond motifs is 1. The molecule has 3 rings (SSSR count). The number of thiophene rings is 1. The third kappa shape index (κ3) is 4.38. The van der Waals surface area contributed by atoms with Crippen LogP contribution < -0.4 is 14.4 Å². The normalized spacial score (nSPS) is 12.6. The third-order valence-corrected chi connectivity index (χ3v) is 7.71. The Morgan fingerprint density at radius 1 is 1.17 bits per heavy atom. The van der Waals surface area contributed by atoms with Crippen LogP contribution in [0.15, 0.2) is 53.4 Å². The van der Waals surface area contributed by atoms with Crippen molar-refractivity contribution in [1.82, 2.24) is 5.32 Å². The van der Waals surface area contributed by atoms with E-state index in [9.17, 15) is 13.2 Å². The molecule has 0 saturated heterocycles. The van der Waals surface area contributed by atoms with Gasteiger partial charge in [0.05, 0.1) is 22.6 Å². The molecule has 0 aliphatic rings. The number of sulfonamides is 1. The summed E-state index contributed by atoms with van der Waals surface area (Å²) in [5.41, 5.74) is 0.528. The highest BCUT2D eigenvalue weighted by Gasteiger charge is 2.22. The van der Waals surface area contributed by atoms with Crippen LogP contribution in [0.5, 0.6) is 5.75 Å². The maximum Gasteiger partial charge on any atom is 0.264 e. The number of amides is 1. The van der Waals surface area contributed by atoms with E-state index in [2.05, 4.69) is 5.32 Å². The molecular formula is C21H24N2O4S2. The molecule has 1 N–H and O–H groups in total. The summed E-state index contributed by atoms with van der Waals surface area (Å²) in [6.07, 6.45) is 0.856. The fraction of sp³-hybridized carbons (Fsp3) is 0.286. The molecular weight excluding hydrogens is 408 g/mol. The molecule has 0 bridgehead atoms. The van der Waals surface area contributed by atoms with Gasteiger partial charge in [-0.2, -0.15) is 0 Å². The minimum absolute atomic E-state index is 0.101. The molecule has 0 aliphatic carbocycles. The number of methoxy groups -OCH3 is 1. The van der Waals surface area contributed by atoms with Gasteiger partial charge in [-0.05, 0) is 67.3 Å². The van der Waals surface area contributed by atoms with Crippen molar-refractivity contribution in [3.05, 3.63) is 53.4 Å². The molecule has 1 atom stereocenters. The van der Waals surface area contributed by atoms with E-state index in [1.165, 1.54) is 41.9 Å². The number of nitrogens with zero attached hydrogens (tertiary/aromatic N) is 1. The summed E-state index contributed by atoms with van der Waals surface area (Å²) >= 11 is 1.39. The lowest BCUT2D eigenvalue weighted by molar-refractivity contribution is 0.0943. The summed E-state index contributed by atoms with van der Waals surface area (Å²) in [5.74, 6) is 0.482. The van der Waals surface area contributed by atoms with Gasteiger partial charge in [0, 0.05) is 17.8 Å². The molecule has 0 aliphatic heterocycles. The molecule has 0 fully saturated rings. The van der Waals surface area contributed by atoms with Gasteiger partial charge in [-0.25, -0.2) is 8.42 Å². The zero-order chi connectivity index (χ0) is 21.2. The van der Waals surface area contributed by atoms with Crippen molar-refractivity contribution in [3.8, 4) is 5.75 Å². The average molecular weight is 433 g/mol. The van der Waals surface area contributed by atoms with Crippen molar-refractivity contribution < 1.29 is 17.9 Å². The van der Waals surface area contributed by atoms with Crippen molar-refractivity contribution in [1.29, 1.82) is 0 Å². The largest absolute Gasteiger partial charge is 0.497 e. The predicted molar refractivity (Wildman–Crippen MR) is 118 cm³/mol. The van der Waals surface area contributed by atoms with Crippen molar-refractivity contribution in [2.24, 2.45) is 0 Å². The predicted octanol–water partition coefficient (Wildman–Crippen LogP) is 4.26. The Kier molecular flexibility index (Phi) is 6.14. The standard InChI is InChI=1S/C21H24N2O4S2/c1-5-14(2)22-21(24)20-13-15-12-16(6-11-19(15)28-20)23(3)29(25,26)18-9-7-17(27-4)8-10-18/h6-14H,5H2,1-4H3,(H,22,24)/t14-/m0/s1. The molecule has 0 saturated carbocycles. The number of nitrogens with one attached hydrogen (secondary N) is 1. The molecule has 154 valence electrons. The zero-order valence-electron chi connectivity index (χ0n) is 16.8. The molecule has 0 unspecified atom stereocenters. The molecule has 1 aromatic heterocycles. The molecule has 2 aromatic carbocycles. The van der Waals surface area contributed by atoms with E-state index in [0.717, 1.165) is 16.5 Å². The number of anilines is 1. The SMILES string of the molecule is CC[C@H](C)NC(=O)c1cc2cc(N(C)S(=O)(=O)c3ccc(OC)cc3)ccc2s1. The van der Waals surface area contributed by atoms with E-state index >= 15 is 0 Å². The highest BCUT2D eigenvalue weighted by atomic mass is 32.2. The van der Waals surface area contributed by atoms with Gasteiger partial charge in [0.1, 0.15) is 5.75 Å². The third-order valence-electron chi connectivity index (χ3n) is 4.79. The fourth-order valence-electron chi connectivity index (χ4n) is 2.78. The molecule has 8 heteroatoms. The number of hydrogen-bond donors (Lipinski definition) is 1. The van der Waals surface area contributed by atoms with Crippen LogP contribution in [0.1, 0.15) is 29.9 Å².